The summed E-state index contributed by atoms with van der Waals surface area (Å²) >= 11 is 0. The van der Waals surface area contributed by atoms with Gasteiger partial charge in [-0.2, -0.15) is 0 Å². The Morgan fingerprint density at radius 2 is 1.83 bits per heavy atom. The van der Waals surface area contributed by atoms with E-state index >= 15 is 0 Å². The normalized spacial score (nSPS) is 11.4. The van der Waals surface area contributed by atoms with Crippen molar-refractivity contribution in [1.82, 2.24) is 15.0 Å². The first-order chi connectivity index (χ1) is 11.4. The zero-order valence-corrected chi connectivity index (χ0v) is 14.0. The number of benzene rings is 2. The molecule has 2 aromatic carbocycles. The lowest BCUT2D eigenvalue weighted by Gasteiger charge is -2.06. The Morgan fingerprint density at radius 1 is 1.12 bits per heavy atom. The van der Waals surface area contributed by atoms with E-state index in [1.807, 2.05) is 0 Å². The zero-order chi connectivity index (χ0) is 17.3. The second-order valence-electron chi connectivity index (χ2n) is 5.17. The van der Waals surface area contributed by atoms with Gasteiger partial charge >= 0.3 is 0 Å². The first-order valence-electron chi connectivity index (χ1n) is 7.11. The smallest absolute Gasteiger partial charge is 0.227 e. The number of aromatic nitrogens is 3. The molecule has 3 aromatic rings. The summed E-state index contributed by atoms with van der Waals surface area (Å²) in [5.41, 5.74) is 7.38. The largest absolute Gasteiger partial charge is 0.497 e. The number of hydrogen-bond acceptors (Lipinski definition) is 6. The number of hydrogen-bond donors (Lipinski definition) is 1. The van der Waals surface area contributed by atoms with Crippen molar-refractivity contribution in [3.05, 3.63) is 54.2 Å². The average Bonchev–Trinajstić information content (AvgIpc) is 2.98. The summed E-state index contributed by atoms with van der Waals surface area (Å²) in [5.74, 6) is 0.458. The van der Waals surface area contributed by atoms with Gasteiger partial charge in [0, 0.05) is 5.69 Å². The summed E-state index contributed by atoms with van der Waals surface area (Å²) in [4.78, 5) is 0.106. The number of sulfone groups is 1. The third kappa shape index (κ3) is 2.71. The Kier molecular flexibility index (Phi) is 3.98. The van der Waals surface area contributed by atoms with Crippen LogP contribution in [0.15, 0.2) is 58.5 Å². The van der Waals surface area contributed by atoms with Crippen LogP contribution in [0.25, 0.3) is 5.69 Å². The molecule has 0 saturated carbocycles. The molecule has 0 aliphatic heterocycles. The molecule has 7 nitrogen and oxygen atoms in total. The summed E-state index contributed by atoms with van der Waals surface area (Å²) in [6.07, 6.45) is 0. The quantitative estimate of drug-likeness (QED) is 0.727. The van der Waals surface area contributed by atoms with E-state index in [-0.39, 0.29) is 9.92 Å². The lowest BCUT2D eigenvalue weighted by Crippen LogP contribution is -2.06. The van der Waals surface area contributed by atoms with Crippen LogP contribution in [0.2, 0.25) is 0 Å². The topological polar surface area (TPSA) is 100 Å². The van der Waals surface area contributed by atoms with E-state index in [2.05, 4.69) is 10.3 Å². The minimum Gasteiger partial charge on any atom is -0.497 e. The minimum atomic E-state index is -3.80. The highest BCUT2D eigenvalue weighted by Gasteiger charge is 2.26. The van der Waals surface area contributed by atoms with Gasteiger partial charge < -0.3 is 10.5 Å². The fourth-order valence-electron chi connectivity index (χ4n) is 2.30. The number of methoxy groups -OCH3 is 1. The summed E-state index contributed by atoms with van der Waals surface area (Å²) < 4.78 is 32.2. The zero-order valence-electron chi connectivity index (χ0n) is 13.2. The highest BCUT2D eigenvalue weighted by molar-refractivity contribution is 7.91. The molecular weight excluding hydrogens is 328 g/mol. The predicted molar refractivity (Wildman–Crippen MR) is 89.0 cm³/mol. The third-order valence-electron chi connectivity index (χ3n) is 3.60. The van der Waals surface area contributed by atoms with E-state index < -0.39 is 9.84 Å². The number of nitrogens with two attached hydrogens (primary N) is 1. The van der Waals surface area contributed by atoms with Crippen molar-refractivity contribution in [3.8, 4) is 11.4 Å². The van der Waals surface area contributed by atoms with Crippen LogP contribution in [0.1, 0.15) is 5.69 Å². The van der Waals surface area contributed by atoms with Crippen molar-refractivity contribution in [3.63, 3.8) is 0 Å². The van der Waals surface area contributed by atoms with E-state index in [9.17, 15) is 8.42 Å². The van der Waals surface area contributed by atoms with Crippen LogP contribution in [-0.4, -0.2) is 30.5 Å². The van der Waals surface area contributed by atoms with Crippen molar-refractivity contribution >= 4 is 15.5 Å². The Labute approximate surface area is 139 Å². The highest BCUT2D eigenvalue weighted by Crippen LogP contribution is 2.26. The lowest BCUT2D eigenvalue weighted by molar-refractivity contribution is 0.413. The van der Waals surface area contributed by atoms with Gasteiger partial charge in [-0.15, -0.1) is 5.10 Å². The first-order valence-corrected chi connectivity index (χ1v) is 8.59. The molecule has 3 rings (SSSR count). The second kappa shape index (κ2) is 5.97. The van der Waals surface area contributed by atoms with Gasteiger partial charge in [0.1, 0.15) is 5.75 Å². The van der Waals surface area contributed by atoms with Crippen LogP contribution in [0.4, 0.5) is 5.69 Å². The molecule has 0 unspecified atom stereocenters. The molecule has 1 aromatic heterocycles. The van der Waals surface area contributed by atoms with Crippen molar-refractivity contribution in [2.75, 3.05) is 12.8 Å². The van der Waals surface area contributed by atoms with E-state index in [1.54, 1.807) is 43.3 Å². The molecule has 0 radical (unpaired) electrons. The van der Waals surface area contributed by atoms with Crippen LogP contribution < -0.4 is 10.5 Å². The Morgan fingerprint density at radius 3 is 2.50 bits per heavy atom. The van der Waals surface area contributed by atoms with Crippen LogP contribution >= 0.6 is 0 Å². The van der Waals surface area contributed by atoms with Crippen LogP contribution in [0, 0.1) is 6.92 Å². The molecule has 8 heteroatoms. The van der Waals surface area contributed by atoms with Crippen molar-refractivity contribution in [2.24, 2.45) is 0 Å². The summed E-state index contributed by atoms with van der Waals surface area (Å²) in [6.45, 7) is 1.66. The first kappa shape index (κ1) is 16.0. The van der Waals surface area contributed by atoms with Gasteiger partial charge in [0.25, 0.3) is 0 Å². The molecule has 0 bridgehead atoms. The summed E-state index contributed by atoms with van der Waals surface area (Å²) in [7, 11) is -2.32. The SMILES string of the molecule is COc1cccc(S(=O)(=O)c2nnn(-c3ccc(N)cc3)c2C)c1. The number of nitrogen functional groups attached to an aromatic ring is 1. The Bertz CT molecular complexity index is 979. The summed E-state index contributed by atoms with van der Waals surface area (Å²) in [6, 6.07) is 13.2. The van der Waals surface area contributed by atoms with E-state index in [1.165, 1.54) is 23.9 Å². The van der Waals surface area contributed by atoms with Crippen LogP contribution in [-0.2, 0) is 9.84 Å². The average molecular weight is 344 g/mol. The van der Waals surface area contributed by atoms with E-state index in [0.717, 1.165) is 0 Å². The monoisotopic (exact) mass is 344 g/mol. The van der Waals surface area contributed by atoms with Gasteiger partial charge in [0.05, 0.1) is 23.4 Å². The second-order valence-corrected chi connectivity index (χ2v) is 7.03. The number of ether oxygens (including phenoxy) is 1. The molecule has 124 valence electrons. The molecule has 0 amide bonds. The number of rotatable bonds is 4. The highest BCUT2D eigenvalue weighted by atomic mass is 32.2. The van der Waals surface area contributed by atoms with E-state index in [0.29, 0.717) is 22.8 Å². The molecule has 0 atom stereocenters. The molecule has 1 heterocycles. The fraction of sp³-hybridized carbons (Fsp3) is 0.125. The minimum absolute atomic E-state index is 0.0902. The molecule has 0 saturated heterocycles. The van der Waals surface area contributed by atoms with Gasteiger partial charge in [-0.25, -0.2) is 13.1 Å². The van der Waals surface area contributed by atoms with Crippen LogP contribution in [0.3, 0.4) is 0 Å². The molecule has 0 fully saturated rings. The lowest BCUT2D eigenvalue weighted by atomic mass is 10.3. The number of nitrogens with zero attached hydrogens (tertiary/aromatic N) is 3. The predicted octanol–water partition coefficient (Wildman–Crippen LogP) is 2.00. The maximum atomic E-state index is 12.8. The molecule has 0 spiro atoms. The Hall–Kier alpha value is -2.87. The summed E-state index contributed by atoms with van der Waals surface area (Å²) in [5, 5.41) is 7.75. The van der Waals surface area contributed by atoms with Crippen molar-refractivity contribution < 1.29 is 13.2 Å². The third-order valence-corrected chi connectivity index (χ3v) is 5.36. The molecular formula is C16H16N4O3S. The van der Waals surface area contributed by atoms with Gasteiger partial charge in [-0.3, -0.25) is 0 Å². The Balaban J connectivity index is 2.08. The molecule has 2 N–H and O–H groups in total. The maximum absolute atomic E-state index is 12.8. The van der Waals surface area contributed by atoms with Gasteiger partial charge in [-0.05, 0) is 49.4 Å². The molecule has 0 aliphatic carbocycles. The van der Waals surface area contributed by atoms with Gasteiger partial charge in [-0.1, -0.05) is 11.3 Å². The molecule has 24 heavy (non-hydrogen) atoms. The standard InChI is InChI=1S/C16H16N4O3S/c1-11-16(18-19-20(11)13-8-6-12(17)7-9-13)24(21,22)15-5-3-4-14(10-15)23-2/h3-10H,17H2,1-2H3. The van der Waals surface area contributed by atoms with Crippen LogP contribution in [0.5, 0.6) is 5.75 Å². The van der Waals surface area contributed by atoms with Crippen molar-refractivity contribution in [1.29, 1.82) is 0 Å². The van der Waals surface area contributed by atoms with Crippen molar-refractivity contribution in [2.45, 2.75) is 16.8 Å². The molecule has 0 aliphatic rings. The van der Waals surface area contributed by atoms with E-state index in [4.69, 9.17) is 10.5 Å². The number of anilines is 1. The fourth-order valence-corrected chi connectivity index (χ4v) is 3.68. The van der Waals surface area contributed by atoms with Gasteiger partial charge in [0.15, 0.2) is 0 Å². The van der Waals surface area contributed by atoms with Gasteiger partial charge in [0.2, 0.25) is 14.9 Å². The maximum Gasteiger partial charge on any atom is 0.227 e.